The van der Waals surface area contributed by atoms with Gasteiger partial charge in [-0.1, -0.05) is 12.1 Å². The summed E-state index contributed by atoms with van der Waals surface area (Å²) in [6.07, 6.45) is 2.78. The minimum atomic E-state index is -0.116. The molecule has 1 N–H and O–H groups in total. The first-order valence-corrected chi connectivity index (χ1v) is 11.1. The van der Waals surface area contributed by atoms with Gasteiger partial charge in [-0.3, -0.25) is 9.59 Å². The van der Waals surface area contributed by atoms with Crippen LogP contribution in [0.25, 0.3) is 20.8 Å². The number of carbonyl (C=O) groups excluding carboxylic acids is 2. The molecule has 1 fully saturated rings. The molecule has 5 rings (SSSR count). The summed E-state index contributed by atoms with van der Waals surface area (Å²) in [5, 5.41) is 3.98. The number of anilines is 1. The van der Waals surface area contributed by atoms with Crippen molar-refractivity contribution in [2.45, 2.75) is 12.8 Å². The molecule has 2 aromatic carbocycles. The van der Waals surface area contributed by atoms with Crippen LogP contribution in [0.3, 0.4) is 0 Å². The minimum absolute atomic E-state index is 0.00200. The van der Waals surface area contributed by atoms with E-state index in [1.807, 2.05) is 42.5 Å². The van der Waals surface area contributed by atoms with Crippen molar-refractivity contribution in [1.29, 1.82) is 0 Å². The van der Waals surface area contributed by atoms with Gasteiger partial charge in [0.25, 0.3) is 5.91 Å². The Morgan fingerprint density at radius 3 is 2.48 bits per heavy atom. The SMILES string of the molecule is O=C(Nc1ccc(-c2nc3ccccc3s2)cc1)C1CCN(C(=O)c2ccco2)CC1. The van der Waals surface area contributed by atoms with Gasteiger partial charge in [0.05, 0.1) is 16.5 Å². The molecule has 0 radical (unpaired) electrons. The number of aromatic nitrogens is 1. The van der Waals surface area contributed by atoms with Crippen LogP contribution in [0, 0.1) is 5.92 Å². The first-order chi connectivity index (χ1) is 15.2. The van der Waals surface area contributed by atoms with E-state index in [1.165, 1.54) is 6.26 Å². The Kier molecular flexibility index (Phi) is 5.26. The van der Waals surface area contributed by atoms with E-state index in [0.29, 0.717) is 31.7 Å². The second-order valence-corrected chi connectivity index (χ2v) is 8.63. The van der Waals surface area contributed by atoms with E-state index in [2.05, 4.69) is 16.4 Å². The molecule has 0 bridgehead atoms. The molecule has 2 amide bonds. The first-order valence-electron chi connectivity index (χ1n) is 10.3. The number of para-hydroxylation sites is 1. The average molecular weight is 432 g/mol. The van der Waals surface area contributed by atoms with Crippen molar-refractivity contribution in [2.24, 2.45) is 5.92 Å². The summed E-state index contributed by atoms with van der Waals surface area (Å²) in [5.41, 5.74) is 2.80. The summed E-state index contributed by atoms with van der Waals surface area (Å²) < 4.78 is 6.35. The molecule has 31 heavy (non-hydrogen) atoms. The van der Waals surface area contributed by atoms with E-state index in [-0.39, 0.29) is 17.7 Å². The molecular weight excluding hydrogens is 410 g/mol. The molecule has 7 heteroatoms. The highest BCUT2D eigenvalue weighted by Gasteiger charge is 2.28. The number of piperidine rings is 1. The highest BCUT2D eigenvalue weighted by molar-refractivity contribution is 7.21. The number of amides is 2. The average Bonchev–Trinajstić information content (AvgIpc) is 3.49. The number of hydrogen-bond donors (Lipinski definition) is 1. The molecule has 0 aliphatic carbocycles. The van der Waals surface area contributed by atoms with Gasteiger partial charge >= 0.3 is 0 Å². The van der Waals surface area contributed by atoms with Crippen LogP contribution in [0.15, 0.2) is 71.3 Å². The number of thiazole rings is 1. The lowest BCUT2D eigenvalue weighted by Gasteiger charge is -2.30. The van der Waals surface area contributed by atoms with Crippen molar-refractivity contribution in [3.05, 3.63) is 72.7 Å². The van der Waals surface area contributed by atoms with Crippen LogP contribution in [-0.4, -0.2) is 34.8 Å². The normalized spacial score (nSPS) is 14.6. The summed E-state index contributed by atoms with van der Waals surface area (Å²) in [4.78, 5) is 31.5. The lowest BCUT2D eigenvalue weighted by Crippen LogP contribution is -2.41. The van der Waals surface area contributed by atoms with Crippen LogP contribution in [0.4, 0.5) is 5.69 Å². The highest BCUT2D eigenvalue weighted by atomic mass is 32.1. The van der Waals surface area contributed by atoms with Crippen molar-refractivity contribution in [3.8, 4) is 10.6 Å². The predicted molar refractivity (Wildman–Crippen MR) is 121 cm³/mol. The number of fused-ring (bicyclic) bond motifs is 1. The monoisotopic (exact) mass is 431 g/mol. The maximum Gasteiger partial charge on any atom is 0.289 e. The topological polar surface area (TPSA) is 75.4 Å². The van der Waals surface area contributed by atoms with Crippen molar-refractivity contribution < 1.29 is 14.0 Å². The third kappa shape index (κ3) is 4.09. The quantitative estimate of drug-likeness (QED) is 0.491. The van der Waals surface area contributed by atoms with Gasteiger partial charge < -0.3 is 14.6 Å². The zero-order chi connectivity index (χ0) is 21.2. The van der Waals surface area contributed by atoms with Gasteiger partial charge in [0.2, 0.25) is 5.91 Å². The number of nitrogens with zero attached hydrogens (tertiary/aromatic N) is 2. The second kappa shape index (κ2) is 8.35. The molecule has 1 aliphatic heterocycles. The Hall–Kier alpha value is -3.45. The van der Waals surface area contributed by atoms with Crippen molar-refractivity contribution in [1.82, 2.24) is 9.88 Å². The van der Waals surface area contributed by atoms with Crippen LogP contribution in [0.2, 0.25) is 0 Å². The van der Waals surface area contributed by atoms with Gasteiger partial charge in [0.1, 0.15) is 5.01 Å². The molecule has 0 saturated carbocycles. The fourth-order valence-corrected chi connectivity index (χ4v) is 4.81. The van der Waals surface area contributed by atoms with Crippen LogP contribution in [-0.2, 0) is 4.79 Å². The number of carbonyl (C=O) groups is 2. The molecule has 1 aliphatic rings. The van der Waals surface area contributed by atoms with Gasteiger partial charge in [-0.15, -0.1) is 11.3 Å². The number of nitrogens with one attached hydrogen (secondary N) is 1. The van der Waals surface area contributed by atoms with Gasteiger partial charge in [-0.2, -0.15) is 0 Å². The number of furan rings is 1. The van der Waals surface area contributed by atoms with Gasteiger partial charge in [0.15, 0.2) is 5.76 Å². The van der Waals surface area contributed by atoms with Gasteiger partial charge in [-0.25, -0.2) is 4.98 Å². The molecular formula is C24H21N3O3S. The van der Waals surface area contributed by atoms with Gasteiger partial charge in [0, 0.05) is 30.3 Å². The zero-order valence-electron chi connectivity index (χ0n) is 16.8. The Morgan fingerprint density at radius 2 is 1.77 bits per heavy atom. The summed E-state index contributed by atoms with van der Waals surface area (Å²) in [6, 6.07) is 19.2. The molecule has 2 aromatic heterocycles. The molecule has 4 aromatic rings. The molecule has 156 valence electrons. The zero-order valence-corrected chi connectivity index (χ0v) is 17.6. The van der Waals surface area contributed by atoms with Crippen molar-refractivity contribution in [3.63, 3.8) is 0 Å². The summed E-state index contributed by atoms with van der Waals surface area (Å²) in [5.74, 6) is 0.118. The van der Waals surface area contributed by atoms with E-state index in [4.69, 9.17) is 4.42 Å². The van der Waals surface area contributed by atoms with E-state index >= 15 is 0 Å². The highest BCUT2D eigenvalue weighted by Crippen LogP contribution is 2.30. The minimum Gasteiger partial charge on any atom is -0.459 e. The summed E-state index contributed by atoms with van der Waals surface area (Å²) >= 11 is 1.66. The summed E-state index contributed by atoms with van der Waals surface area (Å²) in [7, 11) is 0. The lowest BCUT2D eigenvalue weighted by atomic mass is 9.95. The van der Waals surface area contributed by atoms with E-state index in [1.54, 1.807) is 28.4 Å². The van der Waals surface area contributed by atoms with Crippen molar-refractivity contribution in [2.75, 3.05) is 18.4 Å². The molecule has 3 heterocycles. The second-order valence-electron chi connectivity index (χ2n) is 7.60. The predicted octanol–water partition coefficient (Wildman–Crippen LogP) is 5.05. The molecule has 0 spiro atoms. The summed E-state index contributed by atoms with van der Waals surface area (Å²) in [6.45, 7) is 1.10. The Balaban J connectivity index is 1.19. The Morgan fingerprint density at radius 1 is 1.00 bits per heavy atom. The molecule has 0 unspecified atom stereocenters. The number of hydrogen-bond acceptors (Lipinski definition) is 5. The molecule has 6 nitrogen and oxygen atoms in total. The Bertz CT molecular complexity index is 1170. The fraction of sp³-hybridized carbons (Fsp3) is 0.208. The number of benzene rings is 2. The maximum absolute atomic E-state index is 12.7. The third-order valence-corrected chi connectivity index (χ3v) is 6.66. The lowest BCUT2D eigenvalue weighted by molar-refractivity contribution is -0.121. The number of rotatable bonds is 4. The largest absolute Gasteiger partial charge is 0.459 e. The standard InChI is InChI=1S/C24H21N3O3S/c28-22(16-11-13-27(14-12-16)24(29)20-5-3-15-30-20)25-18-9-7-17(8-10-18)23-26-19-4-1-2-6-21(19)31-23/h1-10,15-16H,11-14H2,(H,25,28). The van der Waals surface area contributed by atoms with Crippen LogP contribution >= 0.6 is 11.3 Å². The Labute approximate surface area is 183 Å². The third-order valence-electron chi connectivity index (χ3n) is 5.58. The first kappa shape index (κ1) is 19.5. The maximum atomic E-state index is 12.7. The van der Waals surface area contributed by atoms with E-state index in [0.717, 1.165) is 26.5 Å². The van der Waals surface area contributed by atoms with Gasteiger partial charge in [-0.05, 0) is 61.4 Å². The molecule has 0 atom stereocenters. The van der Waals surface area contributed by atoms with Crippen LogP contribution in [0.1, 0.15) is 23.4 Å². The van der Waals surface area contributed by atoms with Crippen LogP contribution < -0.4 is 5.32 Å². The van der Waals surface area contributed by atoms with Crippen LogP contribution in [0.5, 0.6) is 0 Å². The smallest absolute Gasteiger partial charge is 0.289 e. The van der Waals surface area contributed by atoms with Crippen molar-refractivity contribution >= 4 is 39.1 Å². The van der Waals surface area contributed by atoms with E-state index in [9.17, 15) is 9.59 Å². The fourth-order valence-electron chi connectivity index (χ4n) is 3.84. The molecule has 1 saturated heterocycles. The van der Waals surface area contributed by atoms with E-state index < -0.39 is 0 Å². The number of likely N-dealkylation sites (tertiary alicyclic amines) is 1.